The van der Waals surface area contributed by atoms with E-state index in [1.54, 1.807) is 0 Å². The van der Waals surface area contributed by atoms with E-state index in [1.807, 2.05) is 0 Å². The molecule has 2 N–H and O–H groups in total. The molecular formula is C19H34N4. The minimum absolute atomic E-state index is 0.00856. The Balaban J connectivity index is 2.67. The van der Waals surface area contributed by atoms with Crippen molar-refractivity contribution in [2.75, 3.05) is 19.6 Å². The Morgan fingerprint density at radius 3 is 2.04 bits per heavy atom. The highest BCUT2D eigenvalue weighted by atomic mass is 15.2. The van der Waals surface area contributed by atoms with Crippen molar-refractivity contribution >= 4 is 5.96 Å². The van der Waals surface area contributed by atoms with Crippen molar-refractivity contribution < 1.29 is 0 Å². The zero-order valence-corrected chi connectivity index (χ0v) is 15.7. The molecule has 0 aliphatic rings. The molecule has 0 atom stereocenters. The average molecular weight is 319 g/mol. The zero-order valence-electron chi connectivity index (χ0n) is 15.7. The SMILES string of the molecule is CCNC(=NCc1ccc(CN(CC)CC)cc1)NC(C)(C)C. The summed E-state index contributed by atoms with van der Waals surface area (Å²) in [5, 5.41) is 6.71. The molecule has 0 aliphatic carbocycles. The van der Waals surface area contributed by atoms with Gasteiger partial charge in [0.05, 0.1) is 6.54 Å². The Morgan fingerprint density at radius 1 is 1.00 bits per heavy atom. The summed E-state index contributed by atoms with van der Waals surface area (Å²) in [7, 11) is 0. The fourth-order valence-corrected chi connectivity index (χ4v) is 2.29. The monoisotopic (exact) mass is 318 g/mol. The second kappa shape index (κ2) is 9.56. The van der Waals surface area contributed by atoms with Gasteiger partial charge in [0.15, 0.2) is 5.96 Å². The minimum atomic E-state index is 0.00856. The number of aliphatic imine (C=N–C) groups is 1. The Labute approximate surface area is 142 Å². The molecule has 1 aromatic carbocycles. The van der Waals surface area contributed by atoms with E-state index < -0.39 is 0 Å². The van der Waals surface area contributed by atoms with Gasteiger partial charge in [-0.15, -0.1) is 0 Å². The molecule has 0 bridgehead atoms. The van der Waals surface area contributed by atoms with Crippen LogP contribution in [0.1, 0.15) is 52.7 Å². The molecule has 1 aromatic rings. The molecule has 4 nitrogen and oxygen atoms in total. The van der Waals surface area contributed by atoms with Crippen molar-refractivity contribution in [2.45, 2.75) is 60.2 Å². The van der Waals surface area contributed by atoms with Crippen molar-refractivity contribution in [3.63, 3.8) is 0 Å². The van der Waals surface area contributed by atoms with Gasteiger partial charge in [0.25, 0.3) is 0 Å². The molecular weight excluding hydrogens is 284 g/mol. The lowest BCUT2D eigenvalue weighted by Crippen LogP contribution is -2.47. The summed E-state index contributed by atoms with van der Waals surface area (Å²) >= 11 is 0. The molecule has 0 radical (unpaired) electrons. The smallest absolute Gasteiger partial charge is 0.191 e. The summed E-state index contributed by atoms with van der Waals surface area (Å²) in [6.45, 7) is 17.7. The maximum atomic E-state index is 4.68. The van der Waals surface area contributed by atoms with Gasteiger partial charge in [0.1, 0.15) is 0 Å². The number of guanidine groups is 1. The van der Waals surface area contributed by atoms with Crippen LogP contribution in [-0.2, 0) is 13.1 Å². The summed E-state index contributed by atoms with van der Waals surface area (Å²) in [5.74, 6) is 0.868. The van der Waals surface area contributed by atoms with Crippen LogP contribution in [0, 0.1) is 0 Å². The molecule has 0 fully saturated rings. The van der Waals surface area contributed by atoms with E-state index in [4.69, 9.17) is 0 Å². The van der Waals surface area contributed by atoms with Crippen LogP contribution in [0.25, 0.3) is 0 Å². The van der Waals surface area contributed by atoms with Crippen molar-refractivity contribution in [1.29, 1.82) is 0 Å². The first kappa shape index (κ1) is 19.5. The van der Waals surface area contributed by atoms with E-state index in [-0.39, 0.29) is 5.54 Å². The van der Waals surface area contributed by atoms with E-state index in [0.29, 0.717) is 6.54 Å². The zero-order chi connectivity index (χ0) is 17.3. The molecule has 0 spiro atoms. The average Bonchev–Trinajstić information content (AvgIpc) is 2.50. The minimum Gasteiger partial charge on any atom is -0.357 e. The van der Waals surface area contributed by atoms with E-state index >= 15 is 0 Å². The molecule has 0 saturated heterocycles. The van der Waals surface area contributed by atoms with Crippen LogP contribution in [0.2, 0.25) is 0 Å². The normalized spacial score (nSPS) is 12.6. The molecule has 0 amide bonds. The van der Waals surface area contributed by atoms with Crippen molar-refractivity contribution in [2.24, 2.45) is 4.99 Å². The molecule has 0 unspecified atom stereocenters. The first-order valence-corrected chi connectivity index (χ1v) is 8.74. The van der Waals surface area contributed by atoms with Crippen LogP contribution in [-0.4, -0.2) is 36.0 Å². The highest BCUT2D eigenvalue weighted by Gasteiger charge is 2.11. The van der Waals surface area contributed by atoms with E-state index in [2.05, 4.69) is 86.3 Å². The van der Waals surface area contributed by atoms with Gasteiger partial charge < -0.3 is 10.6 Å². The van der Waals surface area contributed by atoms with Crippen LogP contribution in [0.5, 0.6) is 0 Å². The molecule has 0 aliphatic heterocycles. The van der Waals surface area contributed by atoms with Gasteiger partial charge in [-0.05, 0) is 51.9 Å². The molecule has 130 valence electrons. The van der Waals surface area contributed by atoms with Crippen LogP contribution < -0.4 is 10.6 Å². The third-order valence-electron chi connectivity index (χ3n) is 3.58. The van der Waals surface area contributed by atoms with Gasteiger partial charge in [-0.3, -0.25) is 4.90 Å². The Bertz CT molecular complexity index is 467. The summed E-state index contributed by atoms with van der Waals surface area (Å²) in [6.07, 6.45) is 0. The topological polar surface area (TPSA) is 39.7 Å². The van der Waals surface area contributed by atoms with E-state index in [9.17, 15) is 0 Å². The second-order valence-electron chi connectivity index (χ2n) is 6.85. The summed E-state index contributed by atoms with van der Waals surface area (Å²) in [5.41, 5.74) is 2.61. The number of nitrogens with zero attached hydrogens (tertiary/aromatic N) is 2. The summed E-state index contributed by atoms with van der Waals surface area (Å²) in [6, 6.07) is 8.80. The largest absolute Gasteiger partial charge is 0.357 e. The van der Waals surface area contributed by atoms with Crippen molar-refractivity contribution in [3.05, 3.63) is 35.4 Å². The highest BCUT2D eigenvalue weighted by molar-refractivity contribution is 5.80. The molecule has 1 rings (SSSR count). The van der Waals surface area contributed by atoms with Crippen molar-refractivity contribution in [1.82, 2.24) is 15.5 Å². The third kappa shape index (κ3) is 8.03. The second-order valence-corrected chi connectivity index (χ2v) is 6.85. The van der Waals surface area contributed by atoms with Crippen LogP contribution in [0.3, 0.4) is 0 Å². The predicted molar refractivity (Wildman–Crippen MR) is 101 cm³/mol. The molecule has 23 heavy (non-hydrogen) atoms. The quantitative estimate of drug-likeness (QED) is 0.598. The number of nitrogens with one attached hydrogen (secondary N) is 2. The molecule has 0 heterocycles. The lowest BCUT2D eigenvalue weighted by atomic mass is 10.1. The summed E-state index contributed by atoms with van der Waals surface area (Å²) in [4.78, 5) is 7.10. The lowest BCUT2D eigenvalue weighted by molar-refractivity contribution is 0.296. The van der Waals surface area contributed by atoms with E-state index in [0.717, 1.165) is 32.1 Å². The van der Waals surface area contributed by atoms with Gasteiger partial charge in [-0.1, -0.05) is 38.1 Å². The predicted octanol–water partition coefficient (Wildman–Crippen LogP) is 3.38. The maximum Gasteiger partial charge on any atom is 0.191 e. The first-order valence-electron chi connectivity index (χ1n) is 8.74. The maximum absolute atomic E-state index is 4.68. The van der Waals surface area contributed by atoms with Gasteiger partial charge in [0.2, 0.25) is 0 Å². The van der Waals surface area contributed by atoms with Crippen LogP contribution in [0.15, 0.2) is 29.3 Å². The molecule has 4 heteroatoms. The Hall–Kier alpha value is -1.55. The van der Waals surface area contributed by atoms with Crippen LogP contribution >= 0.6 is 0 Å². The summed E-state index contributed by atoms with van der Waals surface area (Å²) < 4.78 is 0. The van der Waals surface area contributed by atoms with Crippen molar-refractivity contribution in [3.8, 4) is 0 Å². The number of benzene rings is 1. The fraction of sp³-hybridized carbons (Fsp3) is 0.632. The number of hydrogen-bond donors (Lipinski definition) is 2. The third-order valence-corrected chi connectivity index (χ3v) is 3.58. The first-order chi connectivity index (χ1) is 10.9. The lowest BCUT2D eigenvalue weighted by Gasteiger charge is -2.23. The van der Waals surface area contributed by atoms with Gasteiger partial charge in [-0.2, -0.15) is 0 Å². The Morgan fingerprint density at radius 2 is 1.57 bits per heavy atom. The van der Waals surface area contributed by atoms with Gasteiger partial charge in [0, 0.05) is 18.6 Å². The Kier molecular flexibility index (Phi) is 8.10. The standard InChI is InChI=1S/C19H34N4/c1-7-20-18(22-19(4,5)6)21-14-16-10-12-17(13-11-16)15-23(8-2)9-3/h10-13H,7-9,14-15H2,1-6H3,(H2,20,21,22). The molecule has 0 saturated carbocycles. The highest BCUT2D eigenvalue weighted by Crippen LogP contribution is 2.09. The molecule has 0 aromatic heterocycles. The van der Waals surface area contributed by atoms with Crippen LogP contribution in [0.4, 0.5) is 0 Å². The van der Waals surface area contributed by atoms with E-state index in [1.165, 1.54) is 11.1 Å². The van der Waals surface area contributed by atoms with Gasteiger partial charge in [-0.25, -0.2) is 4.99 Å². The van der Waals surface area contributed by atoms with Gasteiger partial charge >= 0.3 is 0 Å². The number of hydrogen-bond acceptors (Lipinski definition) is 2. The number of rotatable bonds is 7. The fourth-order valence-electron chi connectivity index (χ4n) is 2.29.